The topological polar surface area (TPSA) is 59.2 Å². The zero-order valence-corrected chi connectivity index (χ0v) is 12.9. The lowest BCUT2D eigenvalue weighted by Gasteiger charge is -2.24. The lowest BCUT2D eigenvalue weighted by molar-refractivity contribution is 0.0908. The molecule has 21 heavy (non-hydrogen) atoms. The van der Waals surface area contributed by atoms with Crippen LogP contribution >= 0.6 is 23.2 Å². The Kier molecular flexibility index (Phi) is 4.48. The van der Waals surface area contributed by atoms with E-state index in [0.717, 1.165) is 31.2 Å². The molecule has 0 radical (unpaired) electrons. The second-order valence-electron chi connectivity index (χ2n) is 5.38. The van der Waals surface area contributed by atoms with Crippen LogP contribution in [0.25, 0.3) is 0 Å². The summed E-state index contributed by atoms with van der Waals surface area (Å²) in [6.45, 7) is 0. The van der Waals surface area contributed by atoms with Gasteiger partial charge in [-0.25, -0.2) is 0 Å². The fourth-order valence-electron chi connectivity index (χ4n) is 2.75. The van der Waals surface area contributed by atoms with Crippen molar-refractivity contribution >= 4 is 23.2 Å². The largest absolute Gasteiger partial charge is 0.392 e. The van der Waals surface area contributed by atoms with Crippen molar-refractivity contribution in [2.45, 2.75) is 44.1 Å². The Labute approximate surface area is 133 Å². The van der Waals surface area contributed by atoms with Crippen molar-refractivity contribution in [3.8, 4) is 0 Å². The molecule has 6 heteroatoms. The molecule has 1 saturated carbocycles. The van der Waals surface area contributed by atoms with Crippen LogP contribution in [0.3, 0.4) is 0 Å². The molecule has 1 aromatic heterocycles. The number of halogens is 2. The van der Waals surface area contributed by atoms with Crippen molar-refractivity contribution in [2.75, 3.05) is 0 Å². The molecule has 1 fully saturated rings. The van der Waals surface area contributed by atoms with Crippen LogP contribution in [-0.4, -0.2) is 21.4 Å². The summed E-state index contributed by atoms with van der Waals surface area (Å²) in [6, 6.07) is 5.37. The minimum atomic E-state index is -0.393. The maximum absolute atomic E-state index is 10.0. The van der Waals surface area contributed by atoms with Crippen LogP contribution < -0.4 is 0 Å². The first kappa shape index (κ1) is 14.8. The third-order valence-corrected chi connectivity index (χ3v) is 4.64. The van der Waals surface area contributed by atoms with Gasteiger partial charge in [0.2, 0.25) is 5.89 Å². The first-order chi connectivity index (χ1) is 10.1. The Balaban J connectivity index is 1.79. The molecule has 4 nitrogen and oxygen atoms in total. The van der Waals surface area contributed by atoms with Crippen molar-refractivity contribution < 1.29 is 9.63 Å². The SMILES string of the molecule is OC1CCCCC1c1nc(Cc2c(Cl)cccc2Cl)no1. The number of hydrogen-bond donors (Lipinski definition) is 1. The van der Waals surface area contributed by atoms with Gasteiger partial charge in [-0.15, -0.1) is 0 Å². The lowest BCUT2D eigenvalue weighted by atomic mass is 9.86. The molecule has 1 heterocycles. The van der Waals surface area contributed by atoms with Crippen molar-refractivity contribution in [1.82, 2.24) is 10.1 Å². The van der Waals surface area contributed by atoms with Crippen LogP contribution in [-0.2, 0) is 6.42 Å². The number of aromatic nitrogens is 2. The van der Waals surface area contributed by atoms with Crippen molar-refractivity contribution in [3.63, 3.8) is 0 Å². The van der Waals surface area contributed by atoms with Gasteiger partial charge in [0.25, 0.3) is 0 Å². The minimum absolute atomic E-state index is 0.0540. The highest BCUT2D eigenvalue weighted by Gasteiger charge is 2.29. The third-order valence-electron chi connectivity index (χ3n) is 3.93. The Morgan fingerprint density at radius 2 is 1.90 bits per heavy atom. The number of benzene rings is 1. The molecule has 0 aliphatic heterocycles. The average molecular weight is 327 g/mol. The van der Waals surface area contributed by atoms with Gasteiger partial charge in [0.1, 0.15) is 0 Å². The lowest BCUT2D eigenvalue weighted by Crippen LogP contribution is -2.22. The second kappa shape index (κ2) is 6.34. The van der Waals surface area contributed by atoms with Gasteiger partial charge in [0.15, 0.2) is 5.82 Å². The highest BCUT2D eigenvalue weighted by atomic mass is 35.5. The van der Waals surface area contributed by atoms with Gasteiger partial charge in [-0.1, -0.05) is 47.3 Å². The summed E-state index contributed by atoms with van der Waals surface area (Å²) < 4.78 is 5.32. The first-order valence-electron chi connectivity index (χ1n) is 7.08. The van der Waals surface area contributed by atoms with Crippen LogP contribution in [0.2, 0.25) is 10.0 Å². The molecule has 112 valence electrons. The minimum Gasteiger partial charge on any atom is -0.392 e. The van der Waals surface area contributed by atoms with E-state index in [9.17, 15) is 5.11 Å². The molecule has 0 spiro atoms. The Hall–Kier alpha value is -1.10. The van der Waals surface area contributed by atoms with E-state index in [1.807, 2.05) is 0 Å². The van der Waals surface area contributed by atoms with E-state index >= 15 is 0 Å². The normalized spacial score (nSPS) is 22.4. The smallest absolute Gasteiger partial charge is 0.232 e. The van der Waals surface area contributed by atoms with Gasteiger partial charge in [0.05, 0.1) is 12.0 Å². The summed E-state index contributed by atoms with van der Waals surface area (Å²) in [4.78, 5) is 4.41. The summed E-state index contributed by atoms with van der Waals surface area (Å²) in [5.74, 6) is 1.000. The maximum Gasteiger partial charge on any atom is 0.232 e. The molecular formula is C15H16Cl2N2O2. The summed E-state index contributed by atoms with van der Waals surface area (Å²) in [5, 5.41) is 15.2. The number of hydrogen-bond acceptors (Lipinski definition) is 4. The summed E-state index contributed by atoms with van der Waals surface area (Å²) in [6.07, 6.45) is 3.83. The average Bonchev–Trinajstić information content (AvgIpc) is 2.92. The van der Waals surface area contributed by atoms with Gasteiger partial charge >= 0.3 is 0 Å². The quantitative estimate of drug-likeness (QED) is 0.926. The van der Waals surface area contributed by atoms with Crippen molar-refractivity contribution in [1.29, 1.82) is 0 Å². The molecule has 1 aromatic carbocycles. The zero-order chi connectivity index (χ0) is 14.8. The van der Waals surface area contributed by atoms with Crippen molar-refractivity contribution in [2.24, 2.45) is 0 Å². The fraction of sp³-hybridized carbons (Fsp3) is 0.467. The molecule has 0 saturated heterocycles. The van der Waals surface area contributed by atoms with Gasteiger partial charge < -0.3 is 9.63 Å². The Bertz CT molecular complexity index is 610. The van der Waals surface area contributed by atoms with Gasteiger partial charge in [-0.3, -0.25) is 0 Å². The number of aliphatic hydroxyl groups is 1. The molecule has 2 unspecified atom stereocenters. The van der Waals surface area contributed by atoms with Crippen LogP contribution in [0, 0.1) is 0 Å². The van der Waals surface area contributed by atoms with Crippen LogP contribution in [0.4, 0.5) is 0 Å². The van der Waals surface area contributed by atoms with Crippen LogP contribution in [0.5, 0.6) is 0 Å². The van der Waals surface area contributed by atoms with E-state index in [0.29, 0.717) is 28.2 Å². The highest BCUT2D eigenvalue weighted by Crippen LogP contribution is 2.32. The summed E-state index contributed by atoms with van der Waals surface area (Å²) >= 11 is 12.3. The highest BCUT2D eigenvalue weighted by molar-refractivity contribution is 6.36. The van der Waals surface area contributed by atoms with E-state index < -0.39 is 6.10 Å². The fourth-order valence-corrected chi connectivity index (χ4v) is 3.28. The van der Waals surface area contributed by atoms with Crippen LogP contribution in [0.15, 0.2) is 22.7 Å². The number of nitrogens with zero attached hydrogens (tertiary/aromatic N) is 2. The van der Waals surface area contributed by atoms with Crippen molar-refractivity contribution in [3.05, 3.63) is 45.5 Å². The monoisotopic (exact) mass is 326 g/mol. The van der Waals surface area contributed by atoms with E-state index in [2.05, 4.69) is 10.1 Å². The molecule has 1 N–H and O–H groups in total. The molecule has 0 amide bonds. The molecule has 2 aromatic rings. The molecule has 1 aliphatic rings. The zero-order valence-electron chi connectivity index (χ0n) is 11.4. The Morgan fingerprint density at radius 1 is 1.19 bits per heavy atom. The molecule has 0 bridgehead atoms. The number of rotatable bonds is 3. The van der Waals surface area contributed by atoms with Gasteiger partial charge in [-0.2, -0.15) is 4.98 Å². The second-order valence-corrected chi connectivity index (χ2v) is 6.20. The van der Waals surface area contributed by atoms with E-state index in [4.69, 9.17) is 27.7 Å². The summed E-state index contributed by atoms with van der Waals surface area (Å²) in [7, 11) is 0. The predicted molar refractivity (Wildman–Crippen MR) is 80.8 cm³/mol. The standard InChI is InChI=1S/C15H16Cl2N2O2/c16-11-5-3-6-12(17)10(11)8-14-18-15(21-19-14)9-4-1-2-7-13(9)20/h3,5-6,9,13,20H,1-2,4,7-8H2. The predicted octanol–water partition coefficient (Wildman–Crippen LogP) is 3.99. The van der Waals surface area contributed by atoms with E-state index in [1.165, 1.54) is 0 Å². The van der Waals surface area contributed by atoms with Crippen LogP contribution in [0.1, 0.15) is 48.9 Å². The molecular weight excluding hydrogens is 311 g/mol. The molecule has 2 atom stereocenters. The molecule has 1 aliphatic carbocycles. The number of aliphatic hydroxyl groups excluding tert-OH is 1. The van der Waals surface area contributed by atoms with E-state index in [1.54, 1.807) is 18.2 Å². The third kappa shape index (κ3) is 3.23. The van der Waals surface area contributed by atoms with Gasteiger partial charge in [0, 0.05) is 16.5 Å². The van der Waals surface area contributed by atoms with Gasteiger partial charge in [-0.05, 0) is 30.5 Å². The Morgan fingerprint density at radius 3 is 2.62 bits per heavy atom. The maximum atomic E-state index is 10.0. The first-order valence-corrected chi connectivity index (χ1v) is 7.84. The summed E-state index contributed by atoms with van der Waals surface area (Å²) in [5.41, 5.74) is 0.789. The molecule has 3 rings (SSSR count). The van der Waals surface area contributed by atoms with E-state index in [-0.39, 0.29) is 5.92 Å².